The normalized spacial score (nSPS) is 13.6. The predicted octanol–water partition coefficient (Wildman–Crippen LogP) is 5.46. The lowest BCUT2D eigenvalue weighted by molar-refractivity contribution is -0.169. The summed E-state index contributed by atoms with van der Waals surface area (Å²) in [4.78, 5) is 86.7. The second kappa shape index (κ2) is 28.3. The lowest BCUT2D eigenvalue weighted by Gasteiger charge is -2.35. The van der Waals surface area contributed by atoms with Crippen LogP contribution in [-0.2, 0) is 44.8 Å². The number of halogens is 5. The standard InChI is InChI=1S/C23H31N5O4S.C18H23N5O2S.C3HCl2F3O.CH5N/c1-16(29)27-11-13-28(14-12-27)18-7-5-17(24-15-18)6-8-19-9-10-20(33-19)21(30)25-26-22(31)32-23(2,3)4;1-13(24)22-8-10-23(11-9-22)15-4-2-14(20-12-15)3-5-16-6-7-17(26-16)18(25)21-19;4-2(5)1(9)3(6,7)8;1-2/h5,7,9-10,15H,6,8,11-14H2,1-4H3,(H,25,30)(H,26,31);2,4,6-7,12H,3,5,8-11,19H2,1H3,(H,21,25);2H;2H2,1H3. The number of carbonyl (C=O) groups is 6. The van der Waals surface area contributed by atoms with E-state index in [1.54, 1.807) is 46.8 Å². The van der Waals surface area contributed by atoms with Crippen molar-refractivity contribution in [2.75, 3.05) is 69.2 Å². The first-order valence-electron chi connectivity index (χ1n) is 21.9. The number of alkyl halides is 5. The van der Waals surface area contributed by atoms with E-state index >= 15 is 0 Å². The minimum atomic E-state index is -4.92. The molecule has 7 N–H and O–H groups in total. The Balaban J connectivity index is 0.000000311. The smallest absolute Gasteiger partial charge is 0.443 e. The van der Waals surface area contributed by atoms with Crippen molar-refractivity contribution in [3.8, 4) is 0 Å². The van der Waals surface area contributed by atoms with Crippen molar-refractivity contribution in [3.05, 3.63) is 91.8 Å². The van der Waals surface area contributed by atoms with Crippen molar-refractivity contribution >= 4 is 92.8 Å². The van der Waals surface area contributed by atoms with E-state index < -0.39 is 28.5 Å². The van der Waals surface area contributed by atoms with Gasteiger partial charge in [-0.15, -0.1) is 22.7 Å². The highest BCUT2D eigenvalue weighted by Gasteiger charge is 2.42. The van der Waals surface area contributed by atoms with Crippen LogP contribution in [-0.4, -0.2) is 131 Å². The molecule has 2 saturated heterocycles. The maximum Gasteiger partial charge on any atom is 0.452 e. The van der Waals surface area contributed by atoms with Crippen LogP contribution in [0, 0.1) is 0 Å². The number of hydrogen-bond acceptors (Lipinski definition) is 15. The van der Waals surface area contributed by atoms with Gasteiger partial charge in [-0.3, -0.25) is 44.8 Å². The first-order valence-corrected chi connectivity index (χ1v) is 24.4. The summed E-state index contributed by atoms with van der Waals surface area (Å²) in [5.74, 6) is 2.64. The fraction of sp³-hybridized carbons (Fsp3) is 0.467. The molecule has 0 spiro atoms. The number of amides is 5. The summed E-state index contributed by atoms with van der Waals surface area (Å²) in [5, 5.41) is 0. The van der Waals surface area contributed by atoms with Crippen molar-refractivity contribution in [1.29, 1.82) is 0 Å². The quantitative estimate of drug-likeness (QED) is 0.0544. The molecule has 25 heteroatoms. The second-order valence-electron chi connectivity index (χ2n) is 16.3. The minimum absolute atomic E-state index is 0.122. The summed E-state index contributed by atoms with van der Waals surface area (Å²) in [7, 11) is 1.50. The average Bonchev–Trinajstić information content (AvgIpc) is 4.03. The van der Waals surface area contributed by atoms with Gasteiger partial charge < -0.3 is 30.1 Å². The predicted molar refractivity (Wildman–Crippen MR) is 266 cm³/mol. The summed E-state index contributed by atoms with van der Waals surface area (Å²) in [6, 6.07) is 15.6. The lowest BCUT2D eigenvalue weighted by atomic mass is 10.2. The van der Waals surface area contributed by atoms with Gasteiger partial charge >= 0.3 is 12.3 Å². The van der Waals surface area contributed by atoms with Crippen molar-refractivity contribution in [1.82, 2.24) is 36.0 Å². The zero-order valence-electron chi connectivity index (χ0n) is 39.7. The summed E-state index contributed by atoms with van der Waals surface area (Å²) in [6.07, 6.45) is 1.34. The number of nitrogens with one attached hydrogen (secondary N) is 3. The molecule has 0 unspecified atom stereocenters. The average molecular weight is 1060 g/mol. The monoisotopic (exact) mass is 1060 g/mol. The molecule has 18 nitrogen and oxygen atoms in total. The Hall–Kier alpha value is -5.59. The van der Waals surface area contributed by atoms with Gasteiger partial charge in [0.1, 0.15) is 5.60 Å². The van der Waals surface area contributed by atoms with E-state index in [4.69, 9.17) is 10.6 Å². The highest BCUT2D eigenvalue weighted by Crippen LogP contribution is 2.23. The van der Waals surface area contributed by atoms with Crippen LogP contribution in [0.2, 0.25) is 0 Å². The second-order valence-corrected chi connectivity index (χ2v) is 19.7. The number of nitrogens with two attached hydrogens (primary N) is 2. The molecule has 0 saturated carbocycles. The number of aryl methyl sites for hydroxylation is 4. The molecule has 6 heterocycles. The van der Waals surface area contributed by atoms with Gasteiger partial charge in [0, 0.05) is 87.3 Å². The third-order valence-corrected chi connectivity index (χ3v) is 12.8. The summed E-state index contributed by atoms with van der Waals surface area (Å²) in [5.41, 5.74) is 14.8. The Kier molecular flexibility index (Phi) is 23.7. The van der Waals surface area contributed by atoms with E-state index in [0.717, 1.165) is 111 Å². The zero-order chi connectivity index (χ0) is 52.2. The van der Waals surface area contributed by atoms with Crippen LogP contribution in [0.15, 0.2) is 60.9 Å². The van der Waals surface area contributed by atoms with Gasteiger partial charge in [0.2, 0.25) is 11.8 Å². The van der Waals surface area contributed by atoms with E-state index in [2.05, 4.69) is 77.1 Å². The Bertz CT molecular complexity index is 2320. The van der Waals surface area contributed by atoms with Crippen molar-refractivity contribution < 1.29 is 46.7 Å². The third-order valence-electron chi connectivity index (χ3n) is 10.1. The van der Waals surface area contributed by atoms with E-state index in [-0.39, 0.29) is 23.6 Å². The van der Waals surface area contributed by atoms with Crippen molar-refractivity contribution in [3.63, 3.8) is 0 Å². The number of pyridine rings is 2. The maximum atomic E-state index is 12.2. The van der Waals surface area contributed by atoms with Crippen LogP contribution in [0.5, 0.6) is 0 Å². The molecule has 0 aromatic carbocycles. The molecule has 2 fully saturated rings. The summed E-state index contributed by atoms with van der Waals surface area (Å²) < 4.78 is 38.6. The van der Waals surface area contributed by atoms with Gasteiger partial charge in [0.15, 0.2) is 4.84 Å². The van der Waals surface area contributed by atoms with Gasteiger partial charge in [0.05, 0.1) is 33.5 Å². The van der Waals surface area contributed by atoms with Gasteiger partial charge in [-0.25, -0.2) is 16.1 Å². The number of anilines is 2. The lowest BCUT2D eigenvalue weighted by Crippen LogP contribution is -2.48. The molecule has 0 bridgehead atoms. The molecule has 4 aromatic heterocycles. The van der Waals surface area contributed by atoms with Crippen LogP contribution in [0.4, 0.5) is 29.3 Å². The van der Waals surface area contributed by atoms with Gasteiger partial charge in [-0.05, 0) is 102 Å². The Morgan fingerprint density at radius 1 is 0.657 bits per heavy atom. The van der Waals surface area contributed by atoms with Gasteiger partial charge in [-0.2, -0.15) is 13.2 Å². The van der Waals surface area contributed by atoms with Crippen LogP contribution >= 0.6 is 45.9 Å². The Morgan fingerprint density at radius 2 is 1.07 bits per heavy atom. The Morgan fingerprint density at radius 3 is 1.39 bits per heavy atom. The molecular formula is C45H60Cl2F3N11O7S2. The third kappa shape index (κ3) is 20.0. The number of aromatic nitrogens is 2. The molecule has 0 radical (unpaired) electrons. The molecule has 6 rings (SSSR count). The summed E-state index contributed by atoms with van der Waals surface area (Å²) in [6.45, 7) is 14.7. The first-order chi connectivity index (χ1) is 33.0. The highest BCUT2D eigenvalue weighted by atomic mass is 35.5. The van der Waals surface area contributed by atoms with Crippen LogP contribution in [0.1, 0.15) is 75.1 Å². The first kappa shape index (κ1) is 58.7. The van der Waals surface area contributed by atoms with Crippen molar-refractivity contribution in [2.45, 2.75) is 76.9 Å². The molecular weight excluding hydrogens is 999 g/mol. The minimum Gasteiger partial charge on any atom is -0.443 e. The number of Topliss-reactive ketones (excluding diaryl/α,β-unsaturated/α-hetero) is 1. The number of nitrogen functional groups attached to an aromatic ring is 1. The number of carbonyl (C=O) groups excluding carboxylic acids is 6. The number of thiophene rings is 2. The highest BCUT2D eigenvalue weighted by molar-refractivity contribution is 7.14. The Labute approximate surface area is 423 Å². The number of nitrogens with zero attached hydrogens (tertiary/aromatic N) is 6. The molecule has 0 atom stereocenters. The maximum absolute atomic E-state index is 12.2. The molecule has 5 amide bonds. The van der Waals surface area contributed by atoms with E-state index in [9.17, 15) is 41.9 Å². The van der Waals surface area contributed by atoms with Crippen LogP contribution in [0.25, 0.3) is 0 Å². The fourth-order valence-electron chi connectivity index (χ4n) is 6.50. The van der Waals surface area contributed by atoms with Crippen LogP contribution in [0.3, 0.4) is 0 Å². The number of ketones is 1. The largest absolute Gasteiger partial charge is 0.452 e. The molecule has 2 aliphatic heterocycles. The zero-order valence-corrected chi connectivity index (χ0v) is 42.9. The van der Waals surface area contributed by atoms with E-state index in [1.807, 2.05) is 46.5 Å². The SMILES string of the molecule is CC(=O)N1CCN(c2ccc(CCc3ccc(C(=O)NN)s3)nc2)CC1.CC(=O)N1CCN(c2ccc(CCc3ccc(C(=O)NNC(=O)OC(C)(C)C)s3)nc2)CC1.CN.O=C(C(Cl)Cl)C(F)(F)F. The van der Waals surface area contributed by atoms with E-state index in [0.29, 0.717) is 9.75 Å². The number of ether oxygens (including phenoxy) is 1. The number of hydrazine groups is 2. The molecule has 384 valence electrons. The number of piperazine rings is 2. The summed E-state index contributed by atoms with van der Waals surface area (Å²) >= 11 is 12.1. The van der Waals surface area contributed by atoms with E-state index in [1.165, 1.54) is 29.7 Å². The number of hydrogen-bond donors (Lipinski definition) is 5. The van der Waals surface area contributed by atoms with Crippen LogP contribution < -0.4 is 37.7 Å². The molecule has 0 aliphatic carbocycles. The van der Waals surface area contributed by atoms with Gasteiger partial charge in [0.25, 0.3) is 17.6 Å². The molecule has 2 aliphatic rings. The van der Waals surface area contributed by atoms with Gasteiger partial charge in [-0.1, -0.05) is 23.2 Å². The molecule has 70 heavy (non-hydrogen) atoms. The topological polar surface area (TPSA) is 239 Å². The fourth-order valence-corrected chi connectivity index (χ4v) is 8.56. The number of rotatable bonds is 11. The van der Waals surface area contributed by atoms with Crippen molar-refractivity contribution in [2.24, 2.45) is 11.6 Å². The molecule has 4 aromatic rings.